The van der Waals surface area contributed by atoms with E-state index in [0.717, 1.165) is 48.2 Å². The lowest BCUT2D eigenvalue weighted by molar-refractivity contribution is 0.767. The van der Waals surface area contributed by atoms with Crippen LogP contribution in [0.4, 0.5) is 5.82 Å². The molecule has 6 heteroatoms. The van der Waals surface area contributed by atoms with E-state index in [0.29, 0.717) is 0 Å². The third-order valence-corrected chi connectivity index (χ3v) is 3.89. The predicted octanol–water partition coefficient (Wildman–Crippen LogP) is 1.34. The average Bonchev–Trinajstić information content (AvgIpc) is 3.18. The summed E-state index contributed by atoms with van der Waals surface area (Å²) in [5, 5.41) is 16.3. The van der Waals surface area contributed by atoms with Crippen molar-refractivity contribution in [3.05, 3.63) is 36.2 Å². The number of anilines is 1. The van der Waals surface area contributed by atoms with Crippen LogP contribution in [0.25, 0.3) is 11.5 Å². The molecule has 20 heavy (non-hydrogen) atoms. The Bertz CT molecular complexity index is 651. The maximum Gasteiger partial charge on any atom is 0.175 e. The van der Waals surface area contributed by atoms with E-state index < -0.39 is 0 Å². The molecule has 0 saturated carbocycles. The Balaban J connectivity index is 1.62. The smallest absolute Gasteiger partial charge is 0.175 e. The monoisotopic (exact) mass is 268 g/mol. The minimum Gasteiger partial charge on any atom is -0.379 e. The van der Waals surface area contributed by atoms with E-state index in [1.165, 1.54) is 12.8 Å². The van der Waals surface area contributed by atoms with E-state index in [9.17, 15) is 0 Å². The fourth-order valence-electron chi connectivity index (χ4n) is 2.75. The highest BCUT2D eigenvalue weighted by Crippen LogP contribution is 2.23. The lowest BCUT2D eigenvalue weighted by Gasteiger charge is -2.15. The zero-order chi connectivity index (χ0) is 13.5. The van der Waals surface area contributed by atoms with Gasteiger partial charge in [0, 0.05) is 30.5 Å². The van der Waals surface area contributed by atoms with Crippen LogP contribution in [0.3, 0.4) is 0 Å². The number of aromatic nitrogens is 4. The van der Waals surface area contributed by atoms with Gasteiger partial charge in [-0.3, -0.25) is 0 Å². The second-order valence-corrected chi connectivity index (χ2v) is 5.21. The van der Waals surface area contributed by atoms with Crippen molar-refractivity contribution in [2.24, 2.45) is 0 Å². The summed E-state index contributed by atoms with van der Waals surface area (Å²) in [4.78, 5) is 2.27. The third kappa shape index (κ3) is 1.76. The van der Waals surface area contributed by atoms with Crippen LogP contribution in [0.5, 0.6) is 0 Å². The molecule has 0 unspecified atom stereocenters. The molecule has 2 aliphatic rings. The molecule has 0 radical (unpaired) electrons. The maximum atomic E-state index is 4.52. The number of nitrogens with one attached hydrogen (secondary N) is 1. The summed E-state index contributed by atoms with van der Waals surface area (Å²) >= 11 is 0. The molecule has 1 fully saturated rings. The largest absolute Gasteiger partial charge is 0.379 e. The van der Waals surface area contributed by atoms with Crippen LogP contribution in [0, 0.1) is 0 Å². The number of fused-ring (bicyclic) bond motifs is 1. The van der Waals surface area contributed by atoms with Gasteiger partial charge < -0.3 is 10.2 Å². The molecule has 0 atom stereocenters. The normalized spacial score (nSPS) is 17.4. The van der Waals surface area contributed by atoms with Crippen molar-refractivity contribution in [3.63, 3.8) is 0 Å². The van der Waals surface area contributed by atoms with Crippen LogP contribution < -0.4 is 10.2 Å². The Morgan fingerprint density at radius 1 is 1.10 bits per heavy atom. The first kappa shape index (κ1) is 11.5. The van der Waals surface area contributed by atoms with Crippen molar-refractivity contribution < 1.29 is 0 Å². The summed E-state index contributed by atoms with van der Waals surface area (Å²) < 4.78 is 1.78. The summed E-state index contributed by atoms with van der Waals surface area (Å²) in [6, 6.07) is 3.99. The van der Waals surface area contributed by atoms with Crippen molar-refractivity contribution in [1.82, 2.24) is 25.3 Å². The van der Waals surface area contributed by atoms with Crippen LogP contribution in [0.15, 0.2) is 24.9 Å². The second kappa shape index (κ2) is 4.33. The first-order valence-corrected chi connectivity index (χ1v) is 6.92. The van der Waals surface area contributed by atoms with E-state index in [-0.39, 0.29) is 0 Å². The van der Waals surface area contributed by atoms with Gasteiger partial charge in [-0.15, -0.1) is 10.2 Å². The molecule has 6 nitrogen and oxygen atoms in total. The first-order chi connectivity index (χ1) is 9.81. The molecular weight excluding hydrogens is 252 g/mol. The van der Waals surface area contributed by atoms with Gasteiger partial charge in [0.15, 0.2) is 11.6 Å². The molecule has 102 valence electrons. The molecule has 0 aromatic carbocycles. The Labute approximate surface area is 117 Å². The highest BCUT2D eigenvalue weighted by Gasteiger charge is 2.19. The van der Waals surface area contributed by atoms with Crippen LogP contribution in [-0.2, 0) is 6.54 Å². The highest BCUT2D eigenvalue weighted by atomic mass is 15.4. The van der Waals surface area contributed by atoms with Gasteiger partial charge in [-0.25, -0.2) is 4.68 Å². The van der Waals surface area contributed by atoms with E-state index in [2.05, 4.69) is 32.1 Å². The molecule has 1 saturated heterocycles. The molecule has 4 rings (SSSR count). The van der Waals surface area contributed by atoms with Crippen molar-refractivity contribution >= 4 is 11.5 Å². The quantitative estimate of drug-likeness (QED) is 0.890. The van der Waals surface area contributed by atoms with Gasteiger partial charge in [-0.2, -0.15) is 5.10 Å². The van der Waals surface area contributed by atoms with Crippen molar-refractivity contribution in [1.29, 1.82) is 0 Å². The molecule has 0 aliphatic carbocycles. The number of rotatable bonds is 2. The van der Waals surface area contributed by atoms with Crippen LogP contribution in [0.1, 0.15) is 24.1 Å². The Kier molecular flexibility index (Phi) is 2.48. The molecule has 0 spiro atoms. The van der Waals surface area contributed by atoms with Crippen LogP contribution >= 0.6 is 0 Å². The molecule has 2 aliphatic heterocycles. The minimum atomic E-state index is 0.737. The van der Waals surface area contributed by atoms with E-state index >= 15 is 0 Å². The molecule has 2 aromatic rings. The standard InChI is InChI=1S/C14H16N6/c1-10-11-9-20(18-12(11)8-15-10)14-5-4-13(16-17-14)19-6-2-3-7-19/h4-5,9,15H,1-3,6-8H2. The van der Waals surface area contributed by atoms with Crippen molar-refractivity contribution in [2.45, 2.75) is 19.4 Å². The average molecular weight is 268 g/mol. The Hall–Kier alpha value is -2.37. The summed E-state index contributed by atoms with van der Waals surface area (Å²) in [7, 11) is 0. The zero-order valence-electron chi connectivity index (χ0n) is 11.2. The summed E-state index contributed by atoms with van der Waals surface area (Å²) in [5.41, 5.74) is 3.00. The summed E-state index contributed by atoms with van der Waals surface area (Å²) in [5.74, 6) is 1.70. The van der Waals surface area contributed by atoms with Crippen LogP contribution in [-0.4, -0.2) is 33.1 Å². The molecule has 1 N–H and O–H groups in total. The number of nitrogens with zero attached hydrogens (tertiary/aromatic N) is 5. The Morgan fingerprint density at radius 2 is 1.85 bits per heavy atom. The van der Waals surface area contributed by atoms with Gasteiger partial charge in [0.1, 0.15) is 0 Å². The minimum absolute atomic E-state index is 0.737. The fraction of sp³-hybridized carbons (Fsp3) is 0.357. The van der Waals surface area contributed by atoms with Gasteiger partial charge in [-0.05, 0) is 25.0 Å². The fourth-order valence-corrected chi connectivity index (χ4v) is 2.75. The summed E-state index contributed by atoms with van der Waals surface area (Å²) in [6.07, 6.45) is 4.44. The second-order valence-electron chi connectivity index (χ2n) is 5.21. The SMILES string of the molecule is C=C1NCc2nn(-c3ccc(N4CCCC4)nn3)cc21. The van der Waals surface area contributed by atoms with Gasteiger partial charge in [0.05, 0.1) is 12.2 Å². The molecule has 0 bridgehead atoms. The zero-order valence-corrected chi connectivity index (χ0v) is 11.2. The molecular formula is C14H16N6. The third-order valence-electron chi connectivity index (χ3n) is 3.89. The maximum absolute atomic E-state index is 4.52. The molecule has 0 amide bonds. The summed E-state index contributed by atoms with van der Waals surface area (Å²) in [6.45, 7) is 6.86. The van der Waals surface area contributed by atoms with E-state index in [1.807, 2.05) is 18.3 Å². The molecule has 2 aromatic heterocycles. The van der Waals surface area contributed by atoms with Gasteiger partial charge in [0.2, 0.25) is 0 Å². The molecule has 4 heterocycles. The predicted molar refractivity (Wildman–Crippen MR) is 76.5 cm³/mol. The van der Waals surface area contributed by atoms with Gasteiger partial charge in [0.25, 0.3) is 0 Å². The van der Waals surface area contributed by atoms with E-state index in [1.54, 1.807) is 4.68 Å². The Morgan fingerprint density at radius 3 is 2.55 bits per heavy atom. The van der Waals surface area contributed by atoms with Crippen molar-refractivity contribution in [2.75, 3.05) is 18.0 Å². The first-order valence-electron chi connectivity index (χ1n) is 6.92. The van der Waals surface area contributed by atoms with Gasteiger partial charge in [-0.1, -0.05) is 6.58 Å². The topological polar surface area (TPSA) is 58.9 Å². The van der Waals surface area contributed by atoms with Crippen molar-refractivity contribution in [3.8, 4) is 5.82 Å². The lowest BCUT2D eigenvalue weighted by atomic mass is 10.3. The lowest BCUT2D eigenvalue weighted by Crippen LogP contribution is -2.19. The van der Waals surface area contributed by atoms with E-state index in [4.69, 9.17) is 0 Å². The highest BCUT2D eigenvalue weighted by molar-refractivity contribution is 5.67. The van der Waals surface area contributed by atoms with Crippen LogP contribution in [0.2, 0.25) is 0 Å². The number of hydrogen-bond acceptors (Lipinski definition) is 5. The number of hydrogen-bond donors (Lipinski definition) is 1. The van der Waals surface area contributed by atoms with Gasteiger partial charge >= 0.3 is 0 Å².